The first-order chi connectivity index (χ1) is 52.4. The normalized spacial score (nSPS) is 14.4. The van der Waals surface area contributed by atoms with E-state index in [4.69, 9.17) is 9.47 Å². The van der Waals surface area contributed by atoms with Crippen molar-refractivity contribution in [1.29, 1.82) is 0 Å². The molecule has 16 aromatic rings. The van der Waals surface area contributed by atoms with Crippen molar-refractivity contribution in [3.8, 4) is 78.6 Å². The molecule has 0 saturated carbocycles. The number of nitrogens with zero attached hydrogens (tertiary/aromatic N) is 2. The number of hydrogen-bond donors (Lipinski definition) is 0. The van der Waals surface area contributed by atoms with Crippen molar-refractivity contribution in [3.63, 3.8) is 0 Å². The Hall–Kier alpha value is -13.8. The molecule has 0 amide bonds. The summed E-state index contributed by atoms with van der Waals surface area (Å²) in [4.78, 5) is 4.82. The topological polar surface area (TPSA) is 24.9 Å². The van der Waals surface area contributed by atoms with Crippen LogP contribution in [0.4, 0.5) is 34.1 Å². The van der Waals surface area contributed by atoms with Crippen molar-refractivity contribution in [3.05, 3.63) is 469 Å². The molecule has 4 nitrogen and oxygen atoms in total. The third-order valence-electron chi connectivity index (χ3n) is 21.3. The molecular formula is C102H72N2O2. The van der Waals surface area contributed by atoms with Gasteiger partial charge in [-0.2, -0.15) is 0 Å². The summed E-state index contributed by atoms with van der Waals surface area (Å²) in [5.74, 6) is 3.07. The molecule has 4 heteroatoms. The fraction of sp³-hybridized carbons (Fsp3) is 0.0196. The molecule has 0 saturated heterocycles. The quantitative estimate of drug-likeness (QED) is 0.0806. The van der Waals surface area contributed by atoms with Crippen LogP contribution in [-0.2, 0) is 10.8 Å². The summed E-state index contributed by atoms with van der Waals surface area (Å²) in [5.41, 5.74) is 28.2. The number of hydrogen-bond acceptors (Lipinski definition) is 4. The smallest absolute Gasteiger partial charge is 0.127 e. The van der Waals surface area contributed by atoms with Crippen LogP contribution in [-0.4, -0.2) is 0 Å². The second-order valence-corrected chi connectivity index (χ2v) is 27.2. The van der Waals surface area contributed by atoms with E-state index in [1.807, 2.05) is 60.7 Å². The summed E-state index contributed by atoms with van der Waals surface area (Å²) in [6.07, 6.45) is 3.69. The van der Waals surface area contributed by atoms with Crippen molar-refractivity contribution in [1.82, 2.24) is 0 Å². The average Bonchev–Trinajstić information content (AvgIpc) is 1.57. The average molecular weight is 1360 g/mol. The van der Waals surface area contributed by atoms with Crippen LogP contribution in [0.3, 0.4) is 0 Å². The van der Waals surface area contributed by atoms with Crippen LogP contribution in [0.1, 0.15) is 55.6 Å². The molecule has 0 bridgehead atoms. The maximum atomic E-state index is 6.48. The second kappa shape index (κ2) is 27.5. The van der Waals surface area contributed by atoms with E-state index in [0.29, 0.717) is 0 Å². The molecule has 0 radical (unpaired) electrons. The fourth-order valence-electron chi connectivity index (χ4n) is 16.3. The van der Waals surface area contributed by atoms with Crippen LogP contribution < -0.4 is 19.3 Å². The van der Waals surface area contributed by atoms with Crippen LogP contribution in [0.25, 0.3) is 67.8 Å². The highest BCUT2D eigenvalue weighted by Crippen LogP contribution is 2.60. The number of benzene rings is 16. The molecule has 16 aromatic carbocycles. The van der Waals surface area contributed by atoms with E-state index in [2.05, 4.69) is 375 Å². The molecule has 0 fully saturated rings. The molecule has 0 aliphatic heterocycles. The largest absolute Gasteiger partial charge is 0.457 e. The number of ether oxygens (including phenoxy) is 2. The maximum absolute atomic E-state index is 6.48. The summed E-state index contributed by atoms with van der Waals surface area (Å²) in [6, 6.07) is 145. The van der Waals surface area contributed by atoms with Gasteiger partial charge in [0.25, 0.3) is 0 Å². The van der Waals surface area contributed by atoms with Crippen molar-refractivity contribution < 1.29 is 9.47 Å². The van der Waals surface area contributed by atoms with Crippen LogP contribution in [0.2, 0.25) is 0 Å². The number of fused-ring (bicyclic) bond motifs is 6. The Bertz CT molecular complexity index is 5480. The predicted molar refractivity (Wildman–Crippen MR) is 440 cm³/mol. The van der Waals surface area contributed by atoms with E-state index in [1.165, 1.54) is 66.8 Å². The lowest BCUT2D eigenvalue weighted by molar-refractivity contribution is 0.482. The van der Waals surface area contributed by atoms with E-state index < -0.39 is 10.8 Å². The Morgan fingerprint density at radius 2 is 0.453 bits per heavy atom. The Kier molecular flexibility index (Phi) is 16.7. The van der Waals surface area contributed by atoms with E-state index in [0.717, 1.165) is 102 Å². The van der Waals surface area contributed by atoms with Gasteiger partial charge in [0.1, 0.15) is 23.0 Å². The number of rotatable bonds is 19. The highest BCUT2D eigenvalue weighted by atomic mass is 16.5. The summed E-state index contributed by atoms with van der Waals surface area (Å²) in [6.45, 7) is 7.88. The SMILES string of the molecule is C=Cc1ccc(Oc2ccc(C3(c4ccccc4)c4ccccc4-c4ccc(N(c5ccc(-c6ccccc6)cc5)c5ccc(-c6ccc(N(c7ccc(-c8ccccc8)cc7)c7ccc8c(c7)C(c7ccccc7)(c7ccc(Oc9ccc(C=C)cc9)cc7)c7ccccc7-8)cc6)cc5)cc43)cc2)cc1. The first-order valence-corrected chi connectivity index (χ1v) is 36.1. The van der Waals surface area contributed by atoms with Gasteiger partial charge in [0.05, 0.1) is 10.8 Å². The zero-order valence-electron chi connectivity index (χ0n) is 58.4. The lowest BCUT2D eigenvalue weighted by Gasteiger charge is -2.35. The molecule has 2 atom stereocenters. The van der Waals surface area contributed by atoms with Crippen molar-refractivity contribution in [2.45, 2.75) is 10.8 Å². The van der Waals surface area contributed by atoms with Gasteiger partial charge in [-0.1, -0.05) is 304 Å². The third-order valence-corrected chi connectivity index (χ3v) is 21.3. The Morgan fingerprint density at radius 3 is 0.764 bits per heavy atom. The first-order valence-electron chi connectivity index (χ1n) is 36.1. The summed E-state index contributed by atoms with van der Waals surface area (Å²) >= 11 is 0. The zero-order valence-corrected chi connectivity index (χ0v) is 58.4. The van der Waals surface area contributed by atoms with Crippen molar-refractivity contribution in [2.75, 3.05) is 9.80 Å². The van der Waals surface area contributed by atoms with E-state index in [9.17, 15) is 0 Å². The highest BCUT2D eigenvalue weighted by molar-refractivity contribution is 5.93. The predicted octanol–water partition coefficient (Wildman–Crippen LogP) is 27.2. The van der Waals surface area contributed by atoms with Gasteiger partial charge in [-0.05, 0) is 233 Å². The standard InChI is InChI=1S/C102H72N2O2/c1-3-71-33-59-89(60-34-71)105-91-63-45-81(46-64-91)101(79-25-13-7-14-26-79)97-31-19-17-29-93(97)95-67-57-87(69-99(95)101)103(83-49-37-75(38-50-83)73-21-9-5-10-22-73)85-53-41-77(42-54-85)78-43-55-86(56-44-78)104(84-51-39-76(40-52-84)74-23-11-6-12-24-74)88-58-68-96-94-30-18-20-32-98(94)102(100(96)70-88,80-27-15-8-16-28-80)82-47-65-92(66-48-82)106-90-61-35-72(4-2)36-62-90/h3-70H,1-2H2. The van der Waals surface area contributed by atoms with Gasteiger partial charge in [0.2, 0.25) is 0 Å². The molecule has 2 aliphatic rings. The minimum atomic E-state index is -0.671. The summed E-state index contributed by atoms with van der Waals surface area (Å²) < 4.78 is 13.0. The molecule has 502 valence electrons. The molecule has 2 aliphatic carbocycles. The summed E-state index contributed by atoms with van der Waals surface area (Å²) in [5, 5.41) is 0. The second-order valence-electron chi connectivity index (χ2n) is 27.2. The van der Waals surface area contributed by atoms with E-state index in [-0.39, 0.29) is 0 Å². The van der Waals surface area contributed by atoms with Crippen LogP contribution in [0.15, 0.2) is 414 Å². The molecule has 2 unspecified atom stereocenters. The van der Waals surface area contributed by atoms with Crippen LogP contribution in [0.5, 0.6) is 23.0 Å². The monoisotopic (exact) mass is 1360 g/mol. The van der Waals surface area contributed by atoms with Gasteiger partial charge in [0.15, 0.2) is 0 Å². The van der Waals surface area contributed by atoms with Crippen LogP contribution >= 0.6 is 0 Å². The van der Waals surface area contributed by atoms with Gasteiger partial charge in [-0.25, -0.2) is 0 Å². The molecular weight excluding hydrogens is 1290 g/mol. The minimum Gasteiger partial charge on any atom is -0.457 e. The van der Waals surface area contributed by atoms with Gasteiger partial charge in [-0.15, -0.1) is 0 Å². The lowest BCUT2D eigenvalue weighted by atomic mass is 9.67. The lowest BCUT2D eigenvalue weighted by Crippen LogP contribution is -2.28. The Balaban J connectivity index is 0.728. The molecule has 0 N–H and O–H groups in total. The van der Waals surface area contributed by atoms with Gasteiger partial charge < -0.3 is 19.3 Å². The number of anilines is 6. The third kappa shape index (κ3) is 11.5. The first kappa shape index (κ1) is 64.3. The van der Waals surface area contributed by atoms with Crippen molar-refractivity contribution in [2.24, 2.45) is 0 Å². The molecule has 0 aromatic heterocycles. The Morgan fingerprint density at radius 1 is 0.208 bits per heavy atom. The van der Waals surface area contributed by atoms with Gasteiger partial charge >= 0.3 is 0 Å². The molecule has 106 heavy (non-hydrogen) atoms. The molecule has 0 spiro atoms. The van der Waals surface area contributed by atoms with Gasteiger partial charge in [-0.3, -0.25) is 0 Å². The Labute approximate surface area is 620 Å². The maximum Gasteiger partial charge on any atom is 0.127 e. The summed E-state index contributed by atoms with van der Waals surface area (Å²) in [7, 11) is 0. The van der Waals surface area contributed by atoms with Gasteiger partial charge in [0, 0.05) is 34.1 Å². The fourth-order valence-corrected chi connectivity index (χ4v) is 16.3. The zero-order chi connectivity index (χ0) is 71.0. The molecule has 18 rings (SSSR count). The minimum absolute atomic E-state index is 0.671. The molecule has 0 heterocycles. The highest BCUT2D eigenvalue weighted by Gasteiger charge is 2.48. The van der Waals surface area contributed by atoms with E-state index >= 15 is 0 Å². The van der Waals surface area contributed by atoms with E-state index in [1.54, 1.807) is 0 Å². The van der Waals surface area contributed by atoms with Crippen molar-refractivity contribution >= 4 is 46.3 Å². The van der Waals surface area contributed by atoms with Crippen LogP contribution in [0, 0.1) is 0 Å².